The fraction of sp³-hybridized carbons (Fsp3) is 0.0625. The summed E-state index contributed by atoms with van der Waals surface area (Å²) in [6.45, 7) is 0. The van der Waals surface area contributed by atoms with E-state index in [9.17, 15) is 23.5 Å². The summed E-state index contributed by atoms with van der Waals surface area (Å²) in [5.41, 5.74) is 3.56. The van der Waals surface area contributed by atoms with Crippen LogP contribution in [-0.2, 0) is 41.8 Å². The van der Waals surface area contributed by atoms with Crippen molar-refractivity contribution in [3.05, 3.63) is 500 Å². The van der Waals surface area contributed by atoms with Crippen molar-refractivity contribution < 1.29 is 114 Å². The third-order valence-corrected chi connectivity index (χ3v) is 23.8. The van der Waals surface area contributed by atoms with Crippen LogP contribution in [0.2, 0.25) is 0 Å². The van der Waals surface area contributed by atoms with Gasteiger partial charge in [-0.2, -0.15) is 5.10 Å². The van der Waals surface area contributed by atoms with Crippen LogP contribution in [0.5, 0.6) is 86.2 Å². The lowest BCUT2D eigenvalue weighted by atomic mass is 9.97. The molecule has 0 fully saturated rings. The molecule has 22 rings (SSSR count). The Morgan fingerprint density at radius 1 is 0.254 bits per heavy atom. The van der Waals surface area contributed by atoms with Crippen molar-refractivity contribution in [2.24, 2.45) is 0 Å². The van der Waals surface area contributed by atoms with E-state index < -0.39 is 93.6 Å². The quantitative estimate of drug-likeness (QED) is 0.0420. The summed E-state index contributed by atoms with van der Waals surface area (Å²) in [5, 5.41) is 17.6. The zero-order chi connectivity index (χ0) is 93.9. The van der Waals surface area contributed by atoms with Gasteiger partial charge >= 0.3 is 64.8 Å². The van der Waals surface area contributed by atoms with Crippen LogP contribution >= 0.6 is 0 Å². The number of aromatic nitrogens is 2. The van der Waals surface area contributed by atoms with Gasteiger partial charge in [-0.25, -0.2) is 37.5 Å². The number of aryl methyl sites for hydroxylation is 2. The number of ether oxygens (including phenoxy) is 15. The molecule has 1 aromatic heterocycles. The van der Waals surface area contributed by atoms with Gasteiger partial charge in [0.25, 0.3) is 0 Å². The number of H-pyrrole nitrogens is 1. The van der Waals surface area contributed by atoms with E-state index >= 15 is 19.2 Å². The Labute approximate surface area is 783 Å². The van der Waals surface area contributed by atoms with Gasteiger partial charge in [0.05, 0.1) is 33.5 Å². The topological polar surface area (TPSA) is 290 Å². The molecule has 5 aliphatic rings. The molecule has 2 N–H and O–H groups in total. The number of aromatic amines is 1. The van der Waals surface area contributed by atoms with Gasteiger partial charge in [0.2, 0.25) is 28.7 Å². The zero-order valence-corrected chi connectivity index (χ0v) is 72.1. The summed E-state index contributed by atoms with van der Waals surface area (Å²) in [4.78, 5) is 91.2. The monoisotopic (exact) mass is 1830 g/mol. The predicted molar refractivity (Wildman–Crippen MR) is 491 cm³/mol. The molecule has 26 heteroatoms. The van der Waals surface area contributed by atoms with E-state index in [4.69, 9.17) is 71.1 Å². The minimum atomic E-state index is -1.88. The van der Waals surface area contributed by atoms with E-state index in [1.807, 2.05) is 12.1 Å². The van der Waals surface area contributed by atoms with E-state index in [1.54, 1.807) is 291 Å². The Morgan fingerprint density at radius 3 is 0.688 bits per heavy atom. The van der Waals surface area contributed by atoms with Gasteiger partial charge in [-0.15, -0.1) is 0 Å². The minimum Gasteiger partial charge on any atom is -0.478 e. The molecule has 674 valence electrons. The Balaban J connectivity index is 0.650. The second-order valence-electron chi connectivity index (χ2n) is 32.6. The molecule has 0 atom stereocenters. The molecule has 0 saturated heterocycles. The normalized spacial score (nSPS) is 14.4. The summed E-state index contributed by atoms with van der Waals surface area (Å²) in [7, 11) is 0. The molecule has 5 aliphatic heterocycles. The second-order valence-corrected chi connectivity index (χ2v) is 32.6. The van der Waals surface area contributed by atoms with Gasteiger partial charge in [0.1, 0.15) is 17.3 Å². The van der Waals surface area contributed by atoms with E-state index in [2.05, 4.69) is 10.2 Å². The minimum absolute atomic E-state index is 0.0769. The highest BCUT2D eigenvalue weighted by atomic mass is 19.1. The number of aromatic carboxylic acids is 1. The number of nitrogens with one attached hydrogen (secondary N) is 1. The van der Waals surface area contributed by atoms with E-state index in [-0.39, 0.29) is 115 Å². The number of carboxylic acids is 1. The van der Waals surface area contributed by atoms with Crippen molar-refractivity contribution in [2.45, 2.75) is 41.8 Å². The number of rotatable bonds is 24. The summed E-state index contributed by atoms with van der Waals surface area (Å²) < 4.78 is 130. The molecule has 17 aromatic rings. The number of carbonyl (C=O) groups excluding carboxylic acids is 5. The molecule has 0 saturated carbocycles. The summed E-state index contributed by atoms with van der Waals surface area (Å²) >= 11 is 0. The lowest BCUT2D eigenvalue weighted by Crippen LogP contribution is -2.36. The molecular formula is C112H70F2N2O22. The number of halogens is 2. The average Bonchev–Trinajstić information content (AvgIpc) is 1.59. The standard InChI is InChI=1S/C112H70F2N2O22/c113-83-53-67(54-84(114)65-83)51-52-85-66-86(116-115-85)107(123)128-91-60-72(64-96-101(91)138-112(133-96,81-47-27-9-28-48-81)82-49-29-10-30-50-82)106(122)127-90-59-71(63-95-100(90)137-111(132-95,79-43-23-7-24-44-79)80-45-25-8-26-46-80)105(121)126-89-58-70(62-94-99(89)136-110(131-94,77-39-19-5-20-40-77)78-41-21-6-22-42-78)104(120)125-88-57-69(61-93-98(88)135-109(130-93,75-35-15-3-16-36-75)76-37-17-4-18-38-76)103(119)124-87-55-68(102(117)118)56-92-97(87)134-108(129-92,73-31-11-1-12-32-73)74-33-13-2-14-34-74/h1-50,53-66H,51-52H2,(H,115,116)(H,117,118). The maximum atomic E-state index is 16.1. The largest absolute Gasteiger partial charge is 0.478 e. The SMILES string of the molecule is O=C(O)c1cc(OC(=O)c2cc(OC(=O)c3cc(OC(=O)c4cc(OC(=O)c5cc(OC(=O)c6cc(CCc7cc(F)cc(F)c7)n[nH]6)c6c(c5)OC(c5ccccc5)(c5ccccc5)O6)c5c(c4)OC(c4ccccc4)(c4ccccc4)O5)c4c(c3)OC(c3ccccc3)(c3ccccc3)O4)c3c(c2)OC(c2ccccc2)(c2ccccc2)O3)c2c(c1)OC(c1ccccc1)(c1ccccc1)O2. The Bertz CT molecular complexity index is 7450. The van der Waals surface area contributed by atoms with Crippen LogP contribution in [0.4, 0.5) is 8.78 Å². The van der Waals surface area contributed by atoms with Crippen LogP contribution in [-0.4, -0.2) is 51.1 Å². The van der Waals surface area contributed by atoms with Crippen LogP contribution in [0.1, 0.15) is 129 Å². The molecule has 0 spiro atoms. The second kappa shape index (κ2) is 34.5. The van der Waals surface area contributed by atoms with Crippen molar-refractivity contribution >= 4 is 35.8 Å². The van der Waals surface area contributed by atoms with Crippen LogP contribution < -0.4 is 71.1 Å². The Hall–Kier alpha value is -18.6. The van der Waals surface area contributed by atoms with Crippen molar-refractivity contribution in [2.75, 3.05) is 0 Å². The van der Waals surface area contributed by atoms with Crippen LogP contribution in [0, 0.1) is 11.6 Å². The number of fused-ring (bicyclic) bond motifs is 5. The van der Waals surface area contributed by atoms with Gasteiger partial charge in [-0.3, -0.25) is 5.10 Å². The lowest BCUT2D eigenvalue weighted by molar-refractivity contribution is -0.0470. The molecule has 0 unspecified atom stereocenters. The van der Waals surface area contributed by atoms with Gasteiger partial charge in [-0.05, 0) is 97.3 Å². The zero-order valence-electron chi connectivity index (χ0n) is 72.1. The van der Waals surface area contributed by atoms with Crippen LogP contribution in [0.25, 0.3) is 0 Å². The van der Waals surface area contributed by atoms with Gasteiger partial charge in [0.15, 0.2) is 57.5 Å². The highest BCUT2D eigenvalue weighted by Crippen LogP contribution is 2.60. The van der Waals surface area contributed by atoms with Crippen molar-refractivity contribution in [3.8, 4) is 86.2 Å². The molecular weight excluding hydrogens is 1760 g/mol. The number of hydrogen-bond donors (Lipinski definition) is 2. The summed E-state index contributed by atoms with van der Waals surface area (Å²) in [5.74, 6) is -21.2. The van der Waals surface area contributed by atoms with Crippen LogP contribution in [0.15, 0.2) is 388 Å². The summed E-state index contributed by atoms with van der Waals surface area (Å²) in [6.07, 6.45) is 0.303. The maximum Gasteiger partial charge on any atom is 0.361 e. The van der Waals surface area contributed by atoms with Gasteiger partial charge < -0.3 is 76.2 Å². The fourth-order valence-corrected chi connectivity index (χ4v) is 17.3. The molecule has 0 bridgehead atoms. The van der Waals surface area contributed by atoms with E-state index in [0.29, 0.717) is 66.9 Å². The third kappa shape index (κ3) is 15.4. The predicted octanol–water partition coefficient (Wildman–Crippen LogP) is 21.6. The first-order valence-electron chi connectivity index (χ1n) is 43.5. The Morgan fingerprint density at radius 2 is 0.464 bits per heavy atom. The number of hydrogen-bond acceptors (Lipinski definition) is 22. The number of esters is 5. The van der Waals surface area contributed by atoms with Crippen molar-refractivity contribution in [3.63, 3.8) is 0 Å². The molecule has 0 aliphatic carbocycles. The molecule has 24 nitrogen and oxygen atoms in total. The molecule has 16 aromatic carbocycles. The first kappa shape index (κ1) is 84.9. The van der Waals surface area contributed by atoms with E-state index in [1.165, 1.54) is 72.8 Å². The van der Waals surface area contributed by atoms with Crippen molar-refractivity contribution in [1.29, 1.82) is 0 Å². The fourth-order valence-electron chi connectivity index (χ4n) is 17.3. The summed E-state index contributed by atoms with van der Waals surface area (Å²) in [6, 6.07) is 106. The molecule has 0 radical (unpaired) electrons. The highest BCUT2D eigenvalue weighted by Gasteiger charge is 2.54. The molecule has 6 heterocycles. The van der Waals surface area contributed by atoms with Gasteiger partial charge in [-0.1, -0.05) is 303 Å². The van der Waals surface area contributed by atoms with Crippen molar-refractivity contribution in [1.82, 2.24) is 10.2 Å². The number of nitrogens with zero attached hydrogens (tertiary/aromatic N) is 1. The first-order valence-corrected chi connectivity index (χ1v) is 43.5. The van der Waals surface area contributed by atoms with Gasteiger partial charge in [0, 0.05) is 61.7 Å². The Kier molecular flexibility index (Phi) is 21.3. The van der Waals surface area contributed by atoms with Crippen LogP contribution in [0.3, 0.4) is 0 Å². The smallest absolute Gasteiger partial charge is 0.361 e. The average molecular weight is 1830 g/mol. The van der Waals surface area contributed by atoms with E-state index in [0.717, 1.165) is 12.1 Å². The maximum absolute atomic E-state index is 16.1. The lowest BCUT2D eigenvalue weighted by Gasteiger charge is -2.28. The molecule has 0 amide bonds. The number of carboxylic acid groups (broad SMARTS) is 1. The molecule has 138 heavy (non-hydrogen) atoms. The third-order valence-electron chi connectivity index (χ3n) is 23.8. The highest BCUT2D eigenvalue weighted by molar-refractivity contribution is 6.00. The first-order chi connectivity index (χ1) is 67.3. The number of benzene rings is 16. The number of carbonyl (C=O) groups is 6.